The van der Waals surface area contributed by atoms with Crippen molar-refractivity contribution in [1.29, 1.82) is 0 Å². The Hall–Kier alpha value is -2.85. The normalized spacial score (nSPS) is 11.7. The van der Waals surface area contributed by atoms with Crippen LogP contribution in [0.25, 0.3) is 10.7 Å². The minimum atomic E-state index is -4.57. The van der Waals surface area contributed by atoms with E-state index in [-0.39, 0.29) is 17.9 Å². The van der Waals surface area contributed by atoms with E-state index in [1.54, 1.807) is 12.1 Å². The van der Waals surface area contributed by atoms with Gasteiger partial charge in [-0.3, -0.25) is 0 Å². The van der Waals surface area contributed by atoms with Crippen molar-refractivity contribution in [3.05, 3.63) is 75.1 Å². The van der Waals surface area contributed by atoms with Crippen LogP contribution in [0.2, 0.25) is 4.34 Å². The number of hydrogen-bond donors (Lipinski definition) is 1. The Morgan fingerprint density at radius 2 is 1.69 bits per heavy atom. The van der Waals surface area contributed by atoms with E-state index in [1.807, 2.05) is 24.3 Å². The molecule has 148 valence electrons. The van der Waals surface area contributed by atoms with Crippen molar-refractivity contribution in [2.75, 3.05) is 0 Å². The summed E-state index contributed by atoms with van der Waals surface area (Å²) in [6.07, 6.45) is -3.83. The molecule has 1 N–H and O–H groups in total. The molecule has 0 atom stereocenters. The van der Waals surface area contributed by atoms with Crippen molar-refractivity contribution in [3.8, 4) is 10.7 Å². The van der Waals surface area contributed by atoms with Gasteiger partial charge in [-0.15, -0.1) is 21.5 Å². The highest BCUT2D eigenvalue weighted by atomic mass is 35.5. The molecule has 4 aromatic rings. The number of aromatic nitrogens is 6. The second kappa shape index (κ2) is 7.88. The van der Waals surface area contributed by atoms with Crippen molar-refractivity contribution >= 4 is 22.9 Å². The molecule has 0 aliphatic carbocycles. The molecule has 1 aromatic carbocycles. The smallest absolute Gasteiger partial charge is 0.232 e. The number of hydrogen-bond acceptors (Lipinski definition) is 6. The lowest BCUT2D eigenvalue weighted by atomic mass is 10.0. The van der Waals surface area contributed by atoms with Gasteiger partial charge in [-0.05, 0) is 29.3 Å². The van der Waals surface area contributed by atoms with Gasteiger partial charge >= 0.3 is 6.18 Å². The number of halogens is 4. The van der Waals surface area contributed by atoms with E-state index in [2.05, 4.69) is 30.6 Å². The number of tetrazole rings is 1. The molecule has 0 bridgehead atoms. The number of benzene rings is 1. The minimum Gasteiger partial charge on any atom is -0.232 e. The Labute approximate surface area is 171 Å². The highest BCUT2D eigenvalue weighted by Crippen LogP contribution is 2.33. The molecule has 0 aliphatic heterocycles. The fourth-order valence-electron chi connectivity index (χ4n) is 2.70. The average Bonchev–Trinajstić information content (AvgIpc) is 3.34. The van der Waals surface area contributed by atoms with Crippen LogP contribution in [0.1, 0.15) is 28.3 Å². The van der Waals surface area contributed by atoms with Crippen molar-refractivity contribution < 1.29 is 13.2 Å². The maximum absolute atomic E-state index is 13.3. The summed E-state index contributed by atoms with van der Waals surface area (Å²) in [4.78, 5) is 8.48. The summed E-state index contributed by atoms with van der Waals surface area (Å²) >= 11 is 7.03. The van der Waals surface area contributed by atoms with E-state index in [0.717, 1.165) is 28.5 Å². The maximum Gasteiger partial charge on any atom is 0.433 e. The van der Waals surface area contributed by atoms with Crippen LogP contribution in [0.4, 0.5) is 13.2 Å². The Morgan fingerprint density at radius 1 is 0.966 bits per heavy atom. The molecule has 6 nitrogen and oxygen atoms in total. The minimum absolute atomic E-state index is 0.0143. The average molecular weight is 437 g/mol. The van der Waals surface area contributed by atoms with E-state index < -0.39 is 11.9 Å². The van der Waals surface area contributed by atoms with Crippen LogP contribution < -0.4 is 0 Å². The highest BCUT2D eigenvalue weighted by Gasteiger charge is 2.33. The largest absolute Gasteiger partial charge is 0.433 e. The second-order valence-corrected chi connectivity index (χ2v) is 7.88. The van der Waals surface area contributed by atoms with Gasteiger partial charge < -0.3 is 0 Å². The predicted octanol–water partition coefficient (Wildman–Crippen LogP) is 4.57. The van der Waals surface area contributed by atoms with Crippen molar-refractivity contribution in [2.45, 2.75) is 19.0 Å². The first kappa shape index (κ1) is 19.5. The summed E-state index contributed by atoms with van der Waals surface area (Å²) in [7, 11) is 0. The summed E-state index contributed by atoms with van der Waals surface area (Å²) in [5, 5.41) is 13.7. The van der Waals surface area contributed by atoms with Crippen LogP contribution in [-0.4, -0.2) is 30.6 Å². The van der Waals surface area contributed by atoms with Crippen LogP contribution in [-0.2, 0) is 19.0 Å². The molecule has 0 aliphatic rings. The van der Waals surface area contributed by atoms with E-state index in [9.17, 15) is 13.2 Å². The number of nitrogens with zero attached hydrogens (tertiary/aromatic N) is 5. The summed E-state index contributed by atoms with van der Waals surface area (Å²) in [6, 6.07) is 11.6. The topological polar surface area (TPSA) is 80.2 Å². The Morgan fingerprint density at radius 3 is 2.28 bits per heavy atom. The number of alkyl halides is 3. The Bertz CT molecular complexity index is 1110. The molecule has 0 unspecified atom stereocenters. The van der Waals surface area contributed by atoms with Crippen LogP contribution in [0.5, 0.6) is 0 Å². The SMILES string of the molecule is FC(F)(F)c1cc(Cc2ccc(Cc3nn[nH]n3)cc2)nc(-c2ccc(Cl)s2)n1. The zero-order chi connectivity index (χ0) is 20.4. The van der Waals surface area contributed by atoms with Gasteiger partial charge in [-0.25, -0.2) is 9.97 Å². The van der Waals surface area contributed by atoms with Crippen LogP contribution in [0.3, 0.4) is 0 Å². The van der Waals surface area contributed by atoms with Gasteiger partial charge in [0.2, 0.25) is 0 Å². The van der Waals surface area contributed by atoms with Crippen molar-refractivity contribution in [3.63, 3.8) is 0 Å². The first-order valence-electron chi connectivity index (χ1n) is 8.38. The molecule has 0 spiro atoms. The van der Waals surface area contributed by atoms with E-state index in [0.29, 0.717) is 21.5 Å². The number of nitrogens with one attached hydrogen (secondary N) is 1. The van der Waals surface area contributed by atoms with Crippen molar-refractivity contribution in [1.82, 2.24) is 30.6 Å². The Balaban J connectivity index is 1.60. The van der Waals surface area contributed by atoms with Crippen LogP contribution in [0, 0.1) is 0 Å². The lowest BCUT2D eigenvalue weighted by molar-refractivity contribution is -0.141. The van der Waals surface area contributed by atoms with E-state index in [4.69, 9.17) is 11.6 Å². The molecule has 0 saturated carbocycles. The molecule has 0 fully saturated rings. The first-order chi connectivity index (χ1) is 13.9. The van der Waals surface area contributed by atoms with Gasteiger partial charge in [0, 0.05) is 18.5 Å². The third-order valence-electron chi connectivity index (χ3n) is 4.02. The standard InChI is InChI=1S/C18H12ClF3N6S/c19-15-6-5-13(29-15)17-23-12(9-14(24-17)18(20,21)22)7-10-1-3-11(4-2-10)8-16-25-27-28-26-16/h1-6,9H,7-8H2,(H,25,26,27,28). The molecular weight excluding hydrogens is 425 g/mol. The van der Waals surface area contributed by atoms with Gasteiger partial charge in [0.05, 0.1) is 9.21 Å². The lowest BCUT2D eigenvalue weighted by Gasteiger charge is -2.10. The van der Waals surface area contributed by atoms with Gasteiger partial charge in [0.1, 0.15) is 5.69 Å². The molecule has 11 heteroatoms. The lowest BCUT2D eigenvalue weighted by Crippen LogP contribution is -2.11. The Kier molecular flexibility index (Phi) is 5.29. The van der Waals surface area contributed by atoms with Crippen LogP contribution in [0.15, 0.2) is 42.5 Å². The molecule has 0 saturated heterocycles. The molecular formula is C18H12ClF3N6S. The summed E-state index contributed by atoms with van der Waals surface area (Å²) < 4.78 is 40.4. The second-order valence-electron chi connectivity index (χ2n) is 6.17. The highest BCUT2D eigenvalue weighted by molar-refractivity contribution is 7.19. The van der Waals surface area contributed by atoms with Gasteiger partial charge in [0.25, 0.3) is 0 Å². The fraction of sp³-hybridized carbons (Fsp3) is 0.167. The van der Waals surface area contributed by atoms with E-state index in [1.165, 1.54) is 0 Å². The van der Waals surface area contributed by atoms with E-state index >= 15 is 0 Å². The molecule has 29 heavy (non-hydrogen) atoms. The number of H-pyrrole nitrogens is 1. The van der Waals surface area contributed by atoms with Crippen LogP contribution >= 0.6 is 22.9 Å². The third-order valence-corrected chi connectivity index (χ3v) is 5.25. The van der Waals surface area contributed by atoms with Gasteiger partial charge in [0.15, 0.2) is 11.6 Å². The number of rotatable bonds is 5. The zero-order valence-corrected chi connectivity index (χ0v) is 16.2. The molecule has 3 heterocycles. The zero-order valence-electron chi connectivity index (χ0n) is 14.6. The monoisotopic (exact) mass is 436 g/mol. The summed E-state index contributed by atoms with van der Waals surface area (Å²) in [5.74, 6) is 0.572. The maximum atomic E-state index is 13.3. The third kappa shape index (κ3) is 4.77. The van der Waals surface area contributed by atoms with Crippen molar-refractivity contribution in [2.24, 2.45) is 0 Å². The summed E-state index contributed by atoms with van der Waals surface area (Å²) in [5.41, 5.74) is 1.08. The quantitative estimate of drug-likeness (QED) is 0.495. The molecule has 4 rings (SSSR count). The van der Waals surface area contributed by atoms with Gasteiger partial charge in [-0.2, -0.15) is 18.4 Å². The number of thiophene rings is 1. The molecule has 0 radical (unpaired) electrons. The first-order valence-corrected chi connectivity index (χ1v) is 9.57. The fourth-order valence-corrected chi connectivity index (χ4v) is 3.68. The summed E-state index contributed by atoms with van der Waals surface area (Å²) in [6.45, 7) is 0. The molecule has 3 aromatic heterocycles. The predicted molar refractivity (Wildman–Crippen MR) is 102 cm³/mol. The number of aromatic amines is 1. The molecule has 0 amide bonds. The van der Waals surface area contributed by atoms with Gasteiger partial charge in [-0.1, -0.05) is 41.1 Å².